The van der Waals surface area contributed by atoms with Crippen LogP contribution in [-0.4, -0.2) is 76.0 Å². The number of ether oxygens (including phenoxy) is 1. The van der Waals surface area contributed by atoms with E-state index in [1.807, 2.05) is 42.3 Å². The van der Waals surface area contributed by atoms with Crippen molar-refractivity contribution in [1.29, 1.82) is 0 Å². The van der Waals surface area contributed by atoms with Gasteiger partial charge in [-0.25, -0.2) is 4.98 Å². The fourth-order valence-electron chi connectivity index (χ4n) is 4.54. The molecule has 2 fully saturated rings. The molecule has 4 rings (SSSR count). The summed E-state index contributed by atoms with van der Waals surface area (Å²) in [5.74, 6) is 1.29. The number of carbonyl (C=O) groups is 2. The Hall–Kier alpha value is -2.87. The molecule has 8 heteroatoms. The van der Waals surface area contributed by atoms with Crippen LogP contribution in [-0.2, 0) is 11.8 Å². The quantitative estimate of drug-likeness (QED) is 0.802. The number of rotatable bonds is 5. The van der Waals surface area contributed by atoms with Crippen LogP contribution in [0.2, 0.25) is 0 Å². The second-order valence-corrected chi connectivity index (χ2v) is 8.00. The van der Waals surface area contributed by atoms with Gasteiger partial charge in [0.25, 0.3) is 5.91 Å². The van der Waals surface area contributed by atoms with Crippen molar-refractivity contribution < 1.29 is 14.3 Å². The molecule has 2 aromatic rings. The highest BCUT2D eigenvalue weighted by molar-refractivity contribution is 5.90. The number of aromatic nitrogens is 2. The number of aryl methyl sites for hydroxylation is 1. The van der Waals surface area contributed by atoms with Gasteiger partial charge in [-0.2, -0.15) is 0 Å². The average molecular weight is 412 g/mol. The zero-order valence-corrected chi connectivity index (χ0v) is 17.5. The lowest BCUT2D eigenvalue weighted by atomic mass is 10.0. The van der Waals surface area contributed by atoms with Gasteiger partial charge in [0.1, 0.15) is 11.9 Å². The van der Waals surface area contributed by atoms with Crippen molar-refractivity contribution in [1.82, 2.24) is 24.7 Å². The molecule has 160 valence electrons. The number of benzene rings is 1. The molecular formula is C22H29N5O3. The summed E-state index contributed by atoms with van der Waals surface area (Å²) in [6.45, 7) is 2.04. The van der Waals surface area contributed by atoms with Crippen LogP contribution >= 0.6 is 0 Å². The van der Waals surface area contributed by atoms with Crippen LogP contribution in [0.5, 0.6) is 5.75 Å². The van der Waals surface area contributed by atoms with E-state index >= 15 is 0 Å². The third kappa shape index (κ3) is 4.18. The highest BCUT2D eigenvalue weighted by atomic mass is 16.5. The molecule has 2 amide bonds. The average Bonchev–Trinajstić information content (AvgIpc) is 3.40. The Morgan fingerprint density at radius 3 is 2.53 bits per heavy atom. The fourth-order valence-corrected chi connectivity index (χ4v) is 4.54. The van der Waals surface area contributed by atoms with E-state index in [0.29, 0.717) is 31.9 Å². The molecule has 1 N–H and O–H groups in total. The van der Waals surface area contributed by atoms with Gasteiger partial charge >= 0.3 is 0 Å². The Bertz CT molecular complexity index is 876. The fraction of sp³-hybridized carbons (Fsp3) is 0.500. The van der Waals surface area contributed by atoms with Crippen molar-refractivity contribution in [3.63, 3.8) is 0 Å². The number of piperidine rings is 1. The van der Waals surface area contributed by atoms with Crippen molar-refractivity contribution in [3.8, 4) is 5.75 Å². The molecule has 1 aromatic heterocycles. The Morgan fingerprint density at radius 2 is 1.90 bits per heavy atom. The maximum absolute atomic E-state index is 12.7. The number of carbonyl (C=O) groups excluding carboxylic acids is 2. The van der Waals surface area contributed by atoms with E-state index in [4.69, 9.17) is 4.74 Å². The Kier molecular flexibility index (Phi) is 6.03. The molecule has 1 aromatic carbocycles. The first-order chi connectivity index (χ1) is 14.6. The normalized spacial score (nSPS) is 22.8. The summed E-state index contributed by atoms with van der Waals surface area (Å²) in [5, 5.41) is 2.80. The SMILES string of the molecule is CNC(=O)[C@@H]1C[C@H](Oc2ccccc2)CN1C1CCN(C(=O)c2nccn2C)CC1. The molecule has 0 bridgehead atoms. The molecule has 0 spiro atoms. The predicted octanol–water partition coefficient (Wildman–Crippen LogP) is 1.29. The number of amides is 2. The Balaban J connectivity index is 1.40. The van der Waals surface area contributed by atoms with E-state index < -0.39 is 0 Å². The number of likely N-dealkylation sites (N-methyl/N-ethyl adjacent to an activating group) is 1. The minimum Gasteiger partial charge on any atom is -0.489 e. The van der Waals surface area contributed by atoms with E-state index in [9.17, 15) is 9.59 Å². The number of nitrogens with one attached hydrogen (secondary N) is 1. The molecule has 8 nitrogen and oxygen atoms in total. The summed E-state index contributed by atoms with van der Waals surface area (Å²) in [6.07, 6.45) is 5.74. The van der Waals surface area contributed by atoms with Gasteiger partial charge in [0.15, 0.2) is 5.82 Å². The van der Waals surface area contributed by atoms with Gasteiger partial charge in [0.2, 0.25) is 5.91 Å². The number of hydrogen-bond acceptors (Lipinski definition) is 5. The molecule has 0 saturated carbocycles. The van der Waals surface area contributed by atoms with Crippen molar-refractivity contribution in [3.05, 3.63) is 48.5 Å². The minimum absolute atomic E-state index is 0.0260. The van der Waals surface area contributed by atoms with Crippen LogP contribution in [0, 0.1) is 0 Å². The van der Waals surface area contributed by atoms with Crippen molar-refractivity contribution >= 4 is 11.8 Å². The molecule has 0 unspecified atom stereocenters. The largest absolute Gasteiger partial charge is 0.489 e. The van der Waals surface area contributed by atoms with E-state index in [1.54, 1.807) is 24.0 Å². The summed E-state index contributed by atoms with van der Waals surface area (Å²) < 4.78 is 7.90. The first kappa shape index (κ1) is 20.4. The van der Waals surface area contributed by atoms with Gasteiger partial charge in [-0.1, -0.05) is 18.2 Å². The van der Waals surface area contributed by atoms with Gasteiger partial charge in [-0.05, 0) is 25.0 Å². The van der Waals surface area contributed by atoms with E-state index in [2.05, 4.69) is 15.2 Å². The van der Waals surface area contributed by atoms with Gasteiger partial charge in [-0.15, -0.1) is 0 Å². The van der Waals surface area contributed by atoms with E-state index in [0.717, 1.165) is 18.6 Å². The summed E-state index contributed by atoms with van der Waals surface area (Å²) in [5.41, 5.74) is 0. The lowest BCUT2D eigenvalue weighted by Crippen LogP contribution is -2.52. The number of nitrogens with zero attached hydrogens (tertiary/aromatic N) is 4. The minimum atomic E-state index is -0.203. The summed E-state index contributed by atoms with van der Waals surface area (Å²) >= 11 is 0. The van der Waals surface area contributed by atoms with Crippen LogP contribution < -0.4 is 10.1 Å². The first-order valence-corrected chi connectivity index (χ1v) is 10.5. The molecule has 0 aliphatic carbocycles. The summed E-state index contributed by atoms with van der Waals surface area (Å²) in [7, 11) is 3.51. The molecule has 0 radical (unpaired) electrons. The summed E-state index contributed by atoms with van der Waals surface area (Å²) in [6, 6.07) is 9.80. The number of para-hydroxylation sites is 1. The lowest BCUT2D eigenvalue weighted by Gasteiger charge is -2.38. The molecular weight excluding hydrogens is 382 g/mol. The number of likely N-dealkylation sites (tertiary alicyclic amines) is 2. The standard InChI is InChI=1S/C22H29N5O3/c1-23-21(28)19-14-18(30-17-6-4-3-5-7-17)15-27(19)16-8-11-26(12-9-16)22(29)20-24-10-13-25(20)2/h3-7,10,13,16,18-19H,8-9,11-12,14-15H2,1-2H3,(H,23,28)/t18-,19-/m0/s1. The summed E-state index contributed by atoms with van der Waals surface area (Å²) in [4.78, 5) is 33.6. The molecule has 2 aliphatic heterocycles. The van der Waals surface area contributed by atoms with E-state index in [-0.39, 0.29) is 30.0 Å². The van der Waals surface area contributed by atoms with Gasteiger partial charge in [0.05, 0.1) is 6.04 Å². The van der Waals surface area contributed by atoms with Gasteiger partial charge in [-0.3, -0.25) is 14.5 Å². The van der Waals surface area contributed by atoms with Crippen LogP contribution in [0.1, 0.15) is 29.9 Å². The van der Waals surface area contributed by atoms with Crippen LogP contribution in [0.4, 0.5) is 0 Å². The number of imidazole rings is 1. The number of hydrogen-bond donors (Lipinski definition) is 1. The van der Waals surface area contributed by atoms with Gasteiger partial charge in [0, 0.05) is 58.6 Å². The van der Waals surface area contributed by atoms with Crippen molar-refractivity contribution in [2.24, 2.45) is 7.05 Å². The molecule has 2 aliphatic rings. The second-order valence-electron chi connectivity index (χ2n) is 8.00. The molecule has 3 heterocycles. The topological polar surface area (TPSA) is 79.7 Å². The maximum Gasteiger partial charge on any atom is 0.289 e. The third-order valence-electron chi connectivity index (χ3n) is 6.13. The van der Waals surface area contributed by atoms with Crippen LogP contribution in [0.25, 0.3) is 0 Å². The molecule has 2 atom stereocenters. The monoisotopic (exact) mass is 411 g/mol. The van der Waals surface area contributed by atoms with Crippen LogP contribution in [0.3, 0.4) is 0 Å². The first-order valence-electron chi connectivity index (χ1n) is 10.5. The molecule has 2 saturated heterocycles. The maximum atomic E-state index is 12.7. The van der Waals surface area contributed by atoms with E-state index in [1.165, 1.54) is 0 Å². The van der Waals surface area contributed by atoms with Crippen LogP contribution in [0.15, 0.2) is 42.7 Å². The Morgan fingerprint density at radius 1 is 1.17 bits per heavy atom. The predicted molar refractivity (Wildman–Crippen MR) is 112 cm³/mol. The third-order valence-corrected chi connectivity index (χ3v) is 6.13. The highest BCUT2D eigenvalue weighted by Crippen LogP contribution is 2.29. The highest BCUT2D eigenvalue weighted by Gasteiger charge is 2.42. The zero-order chi connectivity index (χ0) is 21.1. The van der Waals surface area contributed by atoms with Crippen molar-refractivity contribution in [2.75, 3.05) is 26.7 Å². The molecule has 30 heavy (non-hydrogen) atoms. The van der Waals surface area contributed by atoms with Crippen molar-refractivity contribution in [2.45, 2.75) is 37.5 Å². The second kappa shape index (κ2) is 8.87. The van der Waals surface area contributed by atoms with Gasteiger partial charge < -0.3 is 19.5 Å². The Labute approximate surface area is 176 Å². The lowest BCUT2D eigenvalue weighted by molar-refractivity contribution is -0.126. The zero-order valence-electron chi connectivity index (χ0n) is 17.5. The smallest absolute Gasteiger partial charge is 0.289 e.